The quantitative estimate of drug-likeness (QED) is 0.683. The number of halogens is 1. The molecule has 0 aliphatic rings. The Kier molecular flexibility index (Phi) is 8.22. The van der Waals surface area contributed by atoms with E-state index in [1.807, 2.05) is 6.92 Å². The monoisotopic (exact) mass is 301 g/mol. The Morgan fingerprint density at radius 1 is 1.24 bits per heavy atom. The summed E-state index contributed by atoms with van der Waals surface area (Å²) in [5, 5.41) is 12.7. The van der Waals surface area contributed by atoms with E-state index in [0.717, 1.165) is 5.56 Å². The van der Waals surface area contributed by atoms with Gasteiger partial charge in [0.15, 0.2) is 0 Å². The van der Waals surface area contributed by atoms with Gasteiger partial charge >= 0.3 is 0 Å². The van der Waals surface area contributed by atoms with Crippen LogP contribution < -0.4 is 10.1 Å². The normalized spacial score (nSPS) is 14.0. The van der Waals surface area contributed by atoms with Crippen LogP contribution in [0.15, 0.2) is 18.2 Å². The van der Waals surface area contributed by atoms with Crippen molar-refractivity contribution in [2.24, 2.45) is 0 Å². The zero-order valence-electron chi connectivity index (χ0n) is 12.8. The molecule has 1 aromatic rings. The van der Waals surface area contributed by atoms with Gasteiger partial charge in [0.25, 0.3) is 0 Å². The van der Waals surface area contributed by atoms with Crippen LogP contribution >= 0.6 is 0 Å². The lowest BCUT2D eigenvalue weighted by atomic mass is 10.2. The van der Waals surface area contributed by atoms with Gasteiger partial charge in [0.05, 0.1) is 19.3 Å². The zero-order valence-corrected chi connectivity index (χ0v) is 12.8. The average Bonchev–Trinajstić information content (AvgIpc) is 2.43. The van der Waals surface area contributed by atoms with Gasteiger partial charge in [0.1, 0.15) is 24.3 Å². The fraction of sp³-hybridized carbons (Fsp3) is 0.600. The van der Waals surface area contributed by atoms with E-state index in [-0.39, 0.29) is 25.1 Å². The number of methoxy groups -OCH3 is 1. The molecule has 0 fully saturated rings. The number of rotatable bonds is 10. The minimum absolute atomic E-state index is 0.0438. The maximum atomic E-state index is 13.4. The molecule has 0 radical (unpaired) electrons. The number of ether oxygens (including phenoxy) is 3. The Labute approximate surface area is 125 Å². The standard InChI is InChI=1S/C15H24FNO4/c1-11(8-19-3)20-9-14(18)10-21-15-5-12(7-17-2)4-13(16)6-15/h4-6,11,14,17-18H,7-10H2,1-3H3. The van der Waals surface area contributed by atoms with Gasteiger partial charge in [0, 0.05) is 19.7 Å². The van der Waals surface area contributed by atoms with Crippen molar-refractivity contribution in [1.29, 1.82) is 0 Å². The number of aliphatic hydroxyl groups excluding tert-OH is 1. The summed E-state index contributed by atoms with van der Waals surface area (Å²) >= 11 is 0. The molecule has 120 valence electrons. The lowest BCUT2D eigenvalue weighted by Gasteiger charge is -2.16. The molecule has 1 rings (SSSR count). The van der Waals surface area contributed by atoms with Gasteiger partial charge in [-0.3, -0.25) is 0 Å². The molecule has 0 spiro atoms. The molecule has 0 bridgehead atoms. The van der Waals surface area contributed by atoms with E-state index < -0.39 is 6.10 Å². The van der Waals surface area contributed by atoms with Gasteiger partial charge in [-0.05, 0) is 31.7 Å². The third-order valence-electron chi connectivity index (χ3n) is 2.73. The van der Waals surface area contributed by atoms with E-state index in [4.69, 9.17) is 14.2 Å². The van der Waals surface area contributed by atoms with Crippen LogP contribution in [0.3, 0.4) is 0 Å². The second-order valence-electron chi connectivity index (χ2n) is 4.89. The third-order valence-corrected chi connectivity index (χ3v) is 2.73. The Hall–Kier alpha value is -1.21. The maximum absolute atomic E-state index is 13.4. The van der Waals surface area contributed by atoms with Crippen LogP contribution in [-0.2, 0) is 16.0 Å². The van der Waals surface area contributed by atoms with E-state index in [9.17, 15) is 9.50 Å². The molecular formula is C15H24FNO4. The predicted octanol–water partition coefficient (Wildman–Crippen LogP) is 1.34. The van der Waals surface area contributed by atoms with Crippen LogP contribution in [0.5, 0.6) is 5.75 Å². The minimum Gasteiger partial charge on any atom is -0.491 e. The van der Waals surface area contributed by atoms with Crippen molar-refractivity contribution in [3.05, 3.63) is 29.6 Å². The molecule has 0 heterocycles. The van der Waals surface area contributed by atoms with Crippen molar-refractivity contribution < 1.29 is 23.7 Å². The first-order valence-electron chi connectivity index (χ1n) is 6.90. The van der Waals surface area contributed by atoms with Crippen molar-refractivity contribution in [3.8, 4) is 5.75 Å². The fourth-order valence-corrected chi connectivity index (χ4v) is 1.81. The first-order chi connectivity index (χ1) is 10.0. The van der Waals surface area contributed by atoms with Crippen molar-refractivity contribution in [2.75, 3.05) is 34.0 Å². The van der Waals surface area contributed by atoms with Gasteiger partial charge in [0.2, 0.25) is 0 Å². The van der Waals surface area contributed by atoms with Crippen LogP contribution in [0.4, 0.5) is 4.39 Å². The molecule has 2 atom stereocenters. The topological polar surface area (TPSA) is 60.0 Å². The van der Waals surface area contributed by atoms with Crippen LogP contribution in [0.25, 0.3) is 0 Å². The maximum Gasteiger partial charge on any atom is 0.127 e. The smallest absolute Gasteiger partial charge is 0.127 e. The molecule has 0 saturated carbocycles. The van der Waals surface area contributed by atoms with Crippen LogP contribution in [0, 0.1) is 5.82 Å². The van der Waals surface area contributed by atoms with E-state index in [2.05, 4.69) is 5.32 Å². The molecule has 0 aromatic heterocycles. The molecule has 0 saturated heterocycles. The molecule has 5 nitrogen and oxygen atoms in total. The minimum atomic E-state index is -0.777. The largest absolute Gasteiger partial charge is 0.491 e. The summed E-state index contributed by atoms with van der Waals surface area (Å²) in [6.07, 6.45) is -0.874. The SMILES string of the molecule is CNCc1cc(F)cc(OCC(O)COC(C)COC)c1. The summed E-state index contributed by atoms with van der Waals surface area (Å²) in [5.41, 5.74) is 0.784. The van der Waals surface area contributed by atoms with Crippen molar-refractivity contribution in [1.82, 2.24) is 5.32 Å². The highest BCUT2D eigenvalue weighted by atomic mass is 19.1. The lowest BCUT2D eigenvalue weighted by Crippen LogP contribution is -2.27. The highest BCUT2D eigenvalue weighted by Crippen LogP contribution is 2.16. The zero-order chi connectivity index (χ0) is 15.7. The third kappa shape index (κ3) is 7.38. The van der Waals surface area contributed by atoms with Gasteiger partial charge in [-0.2, -0.15) is 0 Å². The number of nitrogens with one attached hydrogen (secondary N) is 1. The van der Waals surface area contributed by atoms with Gasteiger partial charge in [-0.1, -0.05) is 0 Å². The number of hydrogen-bond donors (Lipinski definition) is 2. The molecule has 0 amide bonds. The predicted molar refractivity (Wildman–Crippen MR) is 78.0 cm³/mol. The Balaban J connectivity index is 2.40. The summed E-state index contributed by atoms with van der Waals surface area (Å²) in [4.78, 5) is 0. The van der Waals surface area contributed by atoms with Crippen LogP contribution in [0.2, 0.25) is 0 Å². The highest BCUT2D eigenvalue weighted by molar-refractivity contribution is 5.29. The second kappa shape index (κ2) is 9.68. The van der Waals surface area contributed by atoms with E-state index in [0.29, 0.717) is 18.9 Å². The first kappa shape index (κ1) is 17.8. The van der Waals surface area contributed by atoms with Crippen molar-refractivity contribution in [3.63, 3.8) is 0 Å². The number of aliphatic hydroxyl groups is 1. The van der Waals surface area contributed by atoms with Crippen LogP contribution in [0.1, 0.15) is 12.5 Å². The average molecular weight is 301 g/mol. The lowest BCUT2D eigenvalue weighted by molar-refractivity contribution is -0.0423. The highest BCUT2D eigenvalue weighted by Gasteiger charge is 2.10. The summed E-state index contributed by atoms with van der Waals surface area (Å²) < 4.78 is 29.1. The Morgan fingerprint density at radius 2 is 2.00 bits per heavy atom. The molecule has 21 heavy (non-hydrogen) atoms. The second-order valence-corrected chi connectivity index (χ2v) is 4.89. The fourth-order valence-electron chi connectivity index (χ4n) is 1.81. The summed E-state index contributed by atoms with van der Waals surface area (Å²) in [5.74, 6) is 0.0291. The Morgan fingerprint density at radius 3 is 2.67 bits per heavy atom. The summed E-state index contributed by atoms with van der Waals surface area (Å²) in [7, 11) is 3.37. The molecule has 0 aliphatic heterocycles. The number of hydrogen-bond acceptors (Lipinski definition) is 5. The molecular weight excluding hydrogens is 277 g/mol. The van der Waals surface area contributed by atoms with E-state index in [1.54, 1.807) is 20.2 Å². The van der Waals surface area contributed by atoms with Gasteiger partial charge < -0.3 is 24.6 Å². The van der Waals surface area contributed by atoms with Crippen LogP contribution in [-0.4, -0.2) is 51.3 Å². The Bertz CT molecular complexity index is 417. The number of benzene rings is 1. The van der Waals surface area contributed by atoms with E-state index in [1.165, 1.54) is 12.1 Å². The molecule has 2 unspecified atom stereocenters. The first-order valence-corrected chi connectivity index (χ1v) is 6.90. The van der Waals surface area contributed by atoms with Crippen molar-refractivity contribution >= 4 is 0 Å². The molecule has 6 heteroatoms. The molecule has 1 aromatic carbocycles. The van der Waals surface area contributed by atoms with Gasteiger partial charge in [-0.25, -0.2) is 4.39 Å². The molecule has 0 aliphatic carbocycles. The van der Waals surface area contributed by atoms with E-state index >= 15 is 0 Å². The van der Waals surface area contributed by atoms with Crippen molar-refractivity contribution in [2.45, 2.75) is 25.7 Å². The van der Waals surface area contributed by atoms with Gasteiger partial charge in [-0.15, -0.1) is 0 Å². The molecule has 2 N–H and O–H groups in total. The summed E-state index contributed by atoms with van der Waals surface area (Å²) in [6.45, 7) is 3.05. The summed E-state index contributed by atoms with van der Waals surface area (Å²) in [6, 6.07) is 4.47.